The van der Waals surface area contributed by atoms with E-state index >= 15 is 0 Å². The summed E-state index contributed by atoms with van der Waals surface area (Å²) in [6.07, 6.45) is 0.712. The number of carboxylic acid groups (broad SMARTS) is 1. The van der Waals surface area contributed by atoms with Crippen molar-refractivity contribution in [2.24, 2.45) is 5.92 Å². The van der Waals surface area contributed by atoms with E-state index in [9.17, 15) is 9.59 Å². The predicted octanol–water partition coefficient (Wildman–Crippen LogP) is 3.07. The van der Waals surface area contributed by atoms with Gasteiger partial charge in [-0.2, -0.15) is 0 Å². The van der Waals surface area contributed by atoms with Crippen LogP contribution in [0.2, 0.25) is 0 Å². The van der Waals surface area contributed by atoms with E-state index < -0.39 is 18.0 Å². The Morgan fingerprint density at radius 3 is 2.67 bits per heavy atom. The first-order valence-corrected chi connectivity index (χ1v) is 8.47. The van der Waals surface area contributed by atoms with Gasteiger partial charge in [0.25, 0.3) is 5.91 Å². The van der Waals surface area contributed by atoms with Crippen LogP contribution in [0.1, 0.15) is 46.1 Å². The minimum Gasteiger partial charge on any atom is -0.481 e. The SMILES string of the molecule is CC(Oc1cccc(C(C)(C)C)c1)C(=O)N1CCC[C@H](C(=O)O)C1. The topological polar surface area (TPSA) is 66.8 Å². The maximum atomic E-state index is 12.6. The fourth-order valence-corrected chi connectivity index (χ4v) is 2.93. The van der Waals surface area contributed by atoms with Gasteiger partial charge in [-0.1, -0.05) is 32.9 Å². The normalized spacial score (nSPS) is 19.7. The third kappa shape index (κ3) is 4.49. The number of amides is 1. The lowest BCUT2D eigenvalue weighted by molar-refractivity contribution is -0.147. The van der Waals surface area contributed by atoms with Crippen LogP contribution in [-0.4, -0.2) is 41.1 Å². The van der Waals surface area contributed by atoms with E-state index in [1.807, 2.05) is 24.3 Å². The Bertz CT molecular complexity index is 606. The Morgan fingerprint density at radius 2 is 2.04 bits per heavy atom. The quantitative estimate of drug-likeness (QED) is 0.919. The maximum absolute atomic E-state index is 12.6. The van der Waals surface area contributed by atoms with Gasteiger partial charge in [0.2, 0.25) is 0 Å². The van der Waals surface area contributed by atoms with Gasteiger partial charge in [0.05, 0.1) is 5.92 Å². The minimum absolute atomic E-state index is 0.00813. The molecular weight excluding hydrogens is 306 g/mol. The second-order valence-corrected chi connectivity index (χ2v) is 7.50. The van der Waals surface area contributed by atoms with Crippen LogP contribution in [0.3, 0.4) is 0 Å². The molecule has 1 aliphatic heterocycles. The van der Waals surface area contributed by atoms with E-state index in [-0.39, 0.29) is 17.9 Å². The standard InChI is InChI=1S/C19H27NO4/c1-13(17(21)20-10-6-7-14(12-20)18(22)23)24-16-9-5-8-15(11-16)19(2,3)4/h5,8-9,11,13-14H,6-7,10,12H2,1-4H3,(H,22,23)/t13?,14-/m0/s1. The molecule has 0 bridgehead atoms. The van der Waals surface area contributed by atoms with E-state index in [0.29, 0.717) is 18.7 Å². The van der Waals surface area contributed by atoms with E-state index in [2.05, 4.69) is 20.8 Å². The molecule has 2 rings (SSSR count). The number of nitrogens with zero attached hydrogens (tertiary/aromatic N) is 1. The number of carbonyl (C=O) groups is 2. The summed E-state index contributed by atoms with van der Waals surface area (Å²) >= 11 is 0. The largest absolute Gasteiger partial charge is 0.481 e. The Hall–Kier alpha value is -2.04. The molecule has 0 spiro atoms. The molecule has 0 aromatic heterocycles. The molecule has 2 atom stereocenters. The van der Waals surface area contributed by atoms with Crippen molar-refractivity contribution in [2.45, 2.75) is 52.1 Å². The number of aliphatic carboxylic acids is 1. The molecule has 1 heterocycles. The maximum Gasteiger partial charge on any atom is 0.308 e. The van der Waals surface area contributed by atoms with Crippen LogP contribution in [0.5, 0.6) is 5.75 Å². The van der Waals surface area contributed by atoms with Gasteiger partial charge in [-0.05, 0) is 42.9 Å². The highest BCUT2D eigenvalue weighted by Crippen LogP contribution is 2.26. The first-order chi connectivity index (χ1) is 11.2. The van der Waals surface area contributed by atoms with Crippen molar-refractivity contribution in [2.75, 3.05) is 13.1 Å². The number of carboxylic acids is 1. The van der Waals surface area contributed by atoms with E-state index in [4.69, 9.17) is 9.84 Å². The number of carbonyl (C=O) groups excluding carboxylic acids is 1. The van der Waals surface area contributed by atoms with Crippen LogP contribution in [0, 0.1) is 5.92 Å². The average Bonchev–Trinajstić information content (AvgIpc) is 2.53. The van der Waals surface area contributed by atoms with Gasteiger partial charge >= 0.3 is 5.97 Å². The molecule has 0 saturated carbocycles. The van der Waals surface area contributed by atoms with Crippen LogP contribution in [0.4, 0.5) is 0 Å². The highest BCUT2D eigenvalue weighted by atomic mass is 16.5. The summed E-state index contributed by atoms with van der Waals surface area (Å²) in [4.78, 5) is 25.3. The molecule has 5 nitrogen and oxygen atoms in total. The molecule has 132 valence electrons. The molecule has 1 amide bonds. The van der Waals surface area contributed by atoms with Gasteiger partial charge in [0.15, 0.2) is 6.10 Å². The van der Waals surface area contributed by atoms with Gasteiger partial charge in [0, 0.05) is 13.1 Å². The van der Waals surface area contributed by atoms with Crippen molar-refractivity contribution in [1.29, 1.82) is 0 Å². The summed E-state index contributed by atoms with van der Waals surface area (Å²) in [6.45, 7) is 8.96. The van der Waals surface area contributed by atoms with E-state index in [1.165, 1.54) is 0 Å². The molecule has 5 heteroatoms. The lowest BCUT2D eigenvalue weighted by Crippen LogP contribution is -2.47. The lowest BCUT2D eigenvalue weighted by Gasteiger charge is -2.32. The van der Waals surface area contributed by atoms with Crippen LogP contribution >= 0.6 is 0 Å². The number of piperidine rings is 1. The van der Waals surface area contributed by atoms with Gasteiger partial charge in [-0.25, -0.2) is 0 Å². The second-order valence-electron chi connectivity index (χ2n) is 7.50. The number of hydrogen-bond acceptors (Lipinski definition) is 3. The zero-order valence-corrected chi connectivity index (χ0v) is 14.9. The van der Waals surface area contributed by atoms with Gasteiger partial charge in [0.1, 0.15) is 5.75 Å². The summed E-state index contributed by atoms with van der Waals surface area (Å²) in [7, 11) is 0. The van der Waals surface area contributed by atoms with Crippen molar-refractivity contribution in [3.8, 4) is 5.75 Å². The summed E-state index contributed by atoms with van der Waals surface area (Å²) in [6, 6.07) is 7.77. The molecule has 1 unspecified atom stereocenters. The monoisotopic (exact) mass is 333 g/mol. The molecule has 0 radical (unpaired) electrons. The van der Waals surface area contributed by atoms with Crippen molar-refractivity contribution >= 4 is 11.9 Å². The van der Waals surface area contributed by atoms with Crippen LogP contribution in [-0.2, 0) is 15.0 Å². The lowest BCUT2D eigenvalue weighted by atomic mass is 9.87. The second kappa shape index (κ2) is 7.24. The number of likely N-dealkylation sites (tertiary alicyclic amines) is 1. The number of ether oxygens (including phenoxy) is 1. The van der Waals surface area contributed by atoms with Crippen molar-refractivity contribution < 1.29 is 19.4 Å². The van der Waals surface area contributed by atoms with E-state index in [0.717, 1.165) is 12.0 Å². The van der Waals surface area contributed by atoms with Crippen LogP contribution < -0.4 is 4.74 Å². The Labute approximate surface area is 143 Å². The Morgan fingerprint density at radius 1 is 1.33 bits per heavy atom. The molecule has 24 heavy (non-hydrogen) atoms. The summed E-state index contributed by atoms with van der Waals surface area (Å²) < 4.78 is 5.82. The van der Waals surface area contributed by atoms with Gasteiger partial charge in [-0.15, -0.1) is 0 Å². The van der Waals surface area contributed by atoms with Crippen molar-refractivity contribution in [3.63, 3.8) is 0 Å². The summed E-state index contributed by atoms with van der Waals surface area (Å²) in [5.74, 6) is -0.796. The molecule has 0 aliphatic carbocycles. The Kier molecular flexibility index (Phi) is 5.52. The first kappa shape index (κ1) is 18.3. The van der Waals surface area contributed by atoms with Crippen molar-refractivity contribution in [3.05, 3.63) is 29.8 Å². The zero-order valence-electron chi connectivity index (χ0n) is 14.9. The highest BCUT2D eigenvalue weighted by molar-refractivity contribution is 5.82. The number of hydrogen-bond donors (Lipinski definition) is 1. The highest BCUT2D eigenvalue weighted by Gasteiger charge is 2.31. The van der Waals surface area contributed by atoms with Gasteiger partial charge < -0.3 is 14.7 Å². The predicted molar refractivity (Wildman–Crippen MR) is 92.2 cm³/mol. The summed E-state index contributed by atoms with van der Waals surface area (Å²) in [5.41, 5.74) is 1.15. The number of rotatable bonds is 4. The molecular formula is C19H27NO4. The fourth-order valence-electron chi connectivity index (χ4n) is 2.93. The van der Waals surface area contributed by atoms with Crippen LogP contribution in [0.25, 0.3) is 0 Å². The smallest absolute Gasteiger partial charge is 0.308 e. The van der Waals surface area contributed by atoms with E-state index in [1.54, 1.807) is 11.8 Å². The fraction of sp³-hybridized carbons (Fsp3) is 0.579. The summed E-state index contributed by atoms with van der Waals surface area (Å²) in [5, 5.41) is 9.15. The first-order valence-electron chi connectivity index (χ1n) is 8.47. The van der Waals surface area contributed by atoms with Crippen LogP contribution in [0.15, 0.2) is 24.3 Å². The molecule has 1 aliphatic rings. The molecule has 1 aromatic rings. The molecule has 1 aromatic carbocycles. The molecule has 1 N–H and O–H groups in total. The molecule has 1 fully saturated rings. The number of benzene rings is 1. The third-order valence-corrected chi connectivity index (χ3v) is 4.44. The Balaban J connectivity index is 2.02. The third-order valence-electron chi connectivity index (χ3n) is 4.44. The zero-order chi connectivity index (χ0) is 17.9. The van der Waals surface area contributed by atoms with Gasteiger partial charge in [-0.3, -0.25) is 9.59 Å². The minimum atomic E-state index is -0.834. The molecule has 1 saturated heterocycles. The van der Waals surface area contributed by atoms with Crippen molar-refractivity contribution in [1.82, 2.24) is 4.90 Å². The average molecular weight is 333 g/mol.